The predicted molar refractivity (Wildman–Crippen MR) is 181 cm³/mol. The Hall–Kier alpha value is -6.02. The Morgan fingerprint density at radius 1 is 0.467 bits per heavy atom. The Kier molecular flexibility index (Phi) is 8.46. The van der Waals surface area contributed by atoms with Gasteiger partial charge in [0.05, 0.1) is 28.4 Å². The van der Waals surface area contributed by atoms with E-state index in [1.54, 1.807) is 6.07 Å². The van der Waals surface area contributed by atoms with Crippen LogP contribution in [0.4, 0.5) is 45.5 Å². The van der Waals surface area contributed by atoms with E-state index in [4.69, 9.17) is 0 Å². The van der Waals surface area contributed by atoms with Gasteiger partial charge in [-0.2, -0.15) is 25.6 Å². The number of rotatable bonds is 8. The third kappa shape index (κ3) is 7.14. The van der Waals surface area contributed by atoms with Crippen molar-refractivity contribution in [3.63, 3.8) is 0 Å². The molecule has 6 rings (SSSR count). The van der Waals surface area contributed by atoms with E-state index in [2.05, 4.69) is 55.1 Å². The van der Waals surface area contributed by atoms with Gasteiger partial charge >= 0.3 is 0 Å². The minimum atomic E-state index is 0.0884. The molecule has 45 heavy (non-hydrogen) atoms. The van der Waals surface area contributed by atoms with E-state index in [-0.39, 0.29) is 5.75 Å². The van der Waals surface area contributed by atoms with E-state index in [9.17, 15) is 5.11 Å². The predicted octanol–water partition coefficient (Wildman–Crippen LogP) is 12.5. The number of hydrogen-bond acceptors (Lipinski definition) is 8. The van der Waals surface area contributed by atoms with Crippen LogP contribution in [-0.2, 0) is 0 Å². The van der Waals surface area contributed by atoms with E-state index in [1.807, 2.05) is 117 Å². The highest BCUT2D eigenvalue weighted by Crippen LogP contribution is 2.38. The van der Waals surface area contributed by atoms with E-state index in [1.165, 1.54) is 5.56 Å². The molecule has 0 saturated heterocycles. The van der Waals surface area contributed by atoms with Gasteiger partial charge in [0.25, 0.3) is 0 Å². The number of aromatic hydroxyl groups is 1. The number of anilines is 2. The van der Waals surface area contributed by atoms with Gasteiger partial charge in [0.2, 0.25) is 0 Å². The molecule has 220 valence electrons. The van der Waals surface area contributed by atoms with Gasteiger partial charge in [0, 0.05) is 16.8 Å². The first-order chi connectivity index (χ1) is 21.9. The number of phenols is 1. The molecule has 0 atom stereocenters. The number of nitrogens with one attached hydrogen (secondary N) is 1. The van der Waals surface area contributed by atoms with Crippen molar-refractivity contribution < 1.29 is 5.11 Å². The molecule has 6 aromatic carbocycles. The molecule has 0 unspecified atom stereocenters. The Morgan fingerprint density at radius 2 is 1.00 bits per heavy atom. The molecular formula is C37H31N7O. The van der Waals surface area contributed by atoms with Crippen LogP contribution in [-0.4, -0.2) is 5.11 Å². The fourth-order valence-corrected chi connectivity index (χ4v) is 4.68. The van der Waals surface area contributed by atoms with Crippen LogP contribution in [0, 0.1) is 20.8 Å². The van der Waals surface area contributed by atoms with Gasteiger partial charge < -0.3 is 10.4 Å². The van der Waals surface area contributed by atoms with E-state index >= 15 is 0 Å². The standard InChI is InChI=1S/C37H31N7O/c1-24-9-12-28(13-10-24)38-32-18-19-33-27(23-32)11-20-34(37(33)45)42-44-36-22-25(2)35(21-26(36)3)43-41-31-16-14-30(15-17-31)40-39-29-7-5-4-6-8-29/h4-23,38,45H,1-3H3. The third-order valence-corrected chi connectivity index (χ3v) is 7.25. The summed E-state index contributed by atoms with van der Waals surface area (Å²) in [5.74, 6) is 0.0884. The lowest BCUT2D eigenvalue weighted by atomic mass is 10.1. The van der Waals surface area contributed by atoms with Crippen LogP contribution in [0.5, 0.6) is 5.75 Å². The average molecular weight is 590 g/mol. The quantitative estimate of drug-likeness (QED) is 0.172. The van der Waals surface area contributed by atoms with E-state index < -0.39 is 0 Å². The maximum absolute atomic E-state index is 11.0. The summed E-state index contributed by atoms with van der Waals surface area (Å²) >= 11 is 0. The number of phenolic OH excluding ortho intramolecular Hbond substituents is 1. The minimum absolute atomic E-state index is 0.0884. The summed E-state index contributed by atoms with van der Waals surface area (Å²) in [6.07, 6.45) is 0. The zero-order chi connectivity index (χ0) is 31.2. The van der Waals surface area contributed by atoms with Gasteiger partial charge in [0.1, 0.15) is 5.69 Å². The van der Waals surface area contributed by atoms with Crippen molar-refractivity contribution >= 4 is 56.3 Å². The molecule has 8 nitrogen and oxygen atoms in total. The van der Waals surface area contributed by atoms with Crippen molar-refractivity contribution in [3.05, 3.63) is 138 Å². The zero-order valence-corrected chi connectivity index (χ0v) is 25.2. The van der Waals surface area contributed by atoms with E-state index in [0.29, 0.717) is 22.4 Å². The molecule has 0 fully saturated rings. The number of hydrogen-bond donors (Lipinski definition) is 2. The maximum atomic E-state index is 11.0. The molecule has 0 radical (unpaired) electrons. The molecule has 6 aromatic rings. The highest BCUT2D eigenvalue weighted by Gasteiger charge is 2.09. The summed E-state index contributed by atoms with van der Waals surface area (Å²) in [6, 6.07) is 38.6. The topological polar surface area (TPSA) is 106 Å². The highest BCUT2D eigenvalue weighted by molar-refractivity contribution is 5.94. The second kappa shape index (κ2) is 13.1. The number of nitrogens with zero attached hydrogens (tertiary/aromatic N) is 6. The van der Waals surface area contributed by atoms with Crippen LogP contribution >= 0.6 is 0 Å². The lowest BCUT2D eigenvalue weighted by molar-refractivity contribution is 0.482. The molecule has 8 heteroatoms. The van der Waals surface area contributed by atoms with Crippen molar-refractivity contribution in [1.29, 1.82) is 0 Å². The summed E-state index contributed by atoms with van der Waals surface area (Å²) < 4.78 is 0. The fraction of sp³-hybridized carbons (Fsp3) is 0.0811. The van der Waals surface area contributed by atoms with Gasteiger partial charge in [-0.1, -0.05) is 42.0 Å². The van der Waals surface area contributed by atoms with Gasteiger partial charge in [-0.05, 0) is 122 Å². The molecule has 0 aliphatic carbocycles. The normalized spacial score (nSPS) is 11.7. The average Bonchev–Trinajstić information content (AvgIpc) is 3.06. The lowest BCUT2D eigenvalue weighted by Gasteiger charge is -2.10. The Labute approximate surface area is 261 Å². The highest BCUT2D eigenvalue weighted by atomic mass is 16.3. The van der Waals surface area contributed by atoms with Gasteiger partial charge in [0.15, 0.2) is 5.75 Å². The summed E-state index contributed by atoms with van der Waals surface area (Å²) in [7, 11) is 0. The molecule has 0 bridgehead atoms. The molecule has 0 aliphatic rings. The molecule has 0 spiro atoms. The van der Waals surface area contributed by atoms with Gasteiger partial charge in [-0.15, -0.1) is 5.11 Å². The molecule has 0 amide bonds. The van der Waals surface area contributed by atoms with Gasteiger partial charge in [-0.3, -0.25) is 0 Å². The second-order valence-electron chi connectivity index (χ2n) is 10.7. The summed E-state index contributed by atoms with van der Waals surface area (Å²) in [4.78, 5) is 0. The van der Waals surface area contributed by atoms with Crippen LogP contribution in [0.25, 0.3) is 10.8 Å². The second-order valence-corrected chi connectivity index (χ2v) is 10.7. The van der Waals surface area contributed by atoms with Crippen molar-refractivity contribution in [2.45, 2.75) is 20.8 Å². The summed E-state index contributed by atoms with van der Waals surface area (Å²) in [6.45, 7) is 5.96. The third-order valence-electron chi connectivity index (χ3n) is 7.25. The Morgan fingerprint density at radius 3 is 1.64 bits per heavy atom. The van der Waals surface area contributed by atoms with Crippen molar-refractivity contribution in [2.75, 3.05) is 5.32 Å². The minimum Gasteiger partial charge on any atom is -0.505 e. The van der Waals surface area contributed by atoms with Crippen molar-refractivity contribution in [3.8, 4) is 5.75 Å². The van der Waals surface area contributed by atoms with Crippen LogP contribution in [0.3, 0.4) is 0 Å². The number of azo groups is 3. The van der Waals surface area contributed by atoms with Crippen molar-refractivity contribution in [1.82, 2.24) is 0 Å². The zero-order valence-electron chi connectivity index (χ0n) is 25.2. The van der Waals surface area contributed by atoms with Crippen LogP contribution in [0.1, 0.15) is 16.7 Å². The first-order valence-electron chi connectivity index (χ1n) is 14.5. The first kappa shape index (κ1) is 29.1. The van der Waals surface area contributed by atoms with Crippen LogP contribution < -0.4 is 5.32 Å². The SMILES string of the molecule is Cc1ccc(Nc2ccc3c(O)c(N=Nc4cc(C)c(N=Nc5ccc(N=Nc6ccccc6)cc5)cc4C)ccc3c2)cc1. The monoisotopic (exact) mass is 589 g/mol. The molecule has 0 saturated carbocycles. The number of fused-ring (bicyclic) bond motifs is 1. The summed E-state index contributed by atoms with van der Waals surface area (Å²) in [5.41, 5.74) is 9.01. The first-order valence-corrected chi connectivity index (χ1v) is 14.5. The maximum Gasteiger partial charge on any atom is 0.150 e. The molecular weight excluding hydrogens is 558 g/mol. The smallest absolute Gasteiger partial charge is 0.150 e. The molecule has 0 heterocycles. The van der Waals surface area contributed by atoms with Crippen molar-refractivity contribution in [2.24, 2.45) is 30.7 Å². The Bertz CT molecular complexity index is 2050. The van der Waals surface area contributed by atoms with Crippen LogP contribution in [0.15, 0.2) is 152 Å². The fourth-order valence-electron chi connectivity index (χ4n) is 4.68. The molecule has 0 aliphatic heterocycles. The lowest BCUT2D eigenvalue weighted by Crippen LogP contribution is -1.90. The van der Waals surface area contributed by atoms with Gasteiger partial charge in [-0.25, -0.2) is 0 Å². The Balaban J connectivity index is 1.14. The summed E-state index contributed by atoms with van der Waals surface area (Å²) in [5, 5.41) is 42.2. The van der Waals surface area contributed by atoms with E-state index in [0.717, 1.165) is 45.0 Å². The largest absolute Gasteiger partial charge is 0.505 e. The number of aryl methyl sites for hydroxylation is 3. The molecule has 0 aromatic heterocycles. The molecule has 2 N–H and O–H groups in total. The number of benzene rings is 6. The van der Waals surface area contributed by atoms with Crippen LogP contribution in [0.2, 0.25) is 0 Å².